The van der Waals surface area contributed by atoms with E-state index >= 15 is 0 Å². The molecule has 0 N–H and O–H groups in total. The third kappa shape index (κ3) is 4.53. The molecule has 0 aliphatic heterocycles. The van der Waals surface area contributed by atoms with Gasteiger partial charge >= 0.3 is 5.97 Å². The van der Waals surface area contributed by atoms with Gasteiger partial charge in [-0.3, -0.25) is 0 Å². The molecule has 0 unspecified atom stereocenters. The number of benzene rings is 1. The lowest BCUT2D eigenvalue weighted by Crippen LogP contribution is -2.03. The highest BCUT2D eigenvalue weighted by atomic mass is 32.1. The van der Waals surface area contributed by atoms with Gasteiger partial charge in [-0.25, -0.2) is 9.78 Å². The Balaban J connectivity index is 2.00. The van der Waals surface area contributed by atoms with Gasteiger partial charge in [0, 0.05) is 22.7 Å². The molecule has 1 aromatic carbocycles. The van der Waals surface area contributed by atoms with Crippen molar-refractivity contribution in [2.24, 2.45) is 0 Å². The highest BCUT2D eigenvalue weighted by molar-refractivity contribution is 7.15. The van der Waals surface area contributed by atoms with E-state index in [1.165, 1.54) is 11.0 Å². The fourth-order valence-electron chi connectivity index (χ4n) is 1.77. The second kappa shape index (κ2) is 7.74. The molecule has 0 bridgehead atoms. The molecule has 0 aliphatic rings. The Labute approximate surface area is 129 Å². The van der Waals surface area contributed by atoms with Crippen LogP contribution in [0.4, 0.5) is 0 Å². The van der Waals surface area contributed by atoms with Crippen molar-refractivity contribution >= 4 is 17.3 Å². The predicted molar refractivity (Wildman–Crippen MR) is 86.6 cm³/mol. The zero-order chi connectivity index (χ0) is 15.1. The standard InChI is InChI=1S/C17H19NO2S/c1-3-5-6-7-16(19)20-14-10-8-13(9-11-14)17-18-12-15(4-2)21-17/h6-12H,3-5H2,1-2H3/b7-6+. The van der Waals surface area contributed by atoms with Crippen LogP contribution in [0.15, 0.2) is 42.6 Å². The molecule has 0 radical (unpaired) electrons. The maximum absolute atomic E-state index is 11.6. The largest absolute Gasteiger partial charge is 0.423 e. The first-order valence-corrected chi connectivity index (χ1v) is 7.98. The number of esters is 1. The topological polar surface area (TPSA) is 39.2 Å². The number of hydrogen-bond acceptors (Lipinski definition) is 4. The van der Waals surface area contributed by atoms with E-state index in [2.05, 4.69) is 18.8 Å². The zero-order valence-corrected chi connectivity index (χ0v) is 13.2. The Bertz CT molecular complexity index is 614. The first-order chi connectivity index (χ1) is 10.2. The summed E-state index contributed by atoms with van der Waals surface area (Å²) in [6.07, 6.45) is 8.12. The molecule has 2 aromatic rings. The van der Waals surface area contributed by atoms with E-state index in [9.17, 15) is 4.79 Å². The molecule has 3 nitrogen and oxygen atoms in total. The third-order valence-corrected chi connectivity index (χ3v) is 4.12. The van der Waals surface area contributed by atoms with Crippen LogP contribution in [0.3, 0.4) is 0 Å². The molecule has 0 atom stereocenters. The molecule has 0 aliphatic carbocycles. The van der Waals surface area contributed by atoms with Gasteiger partial charge < -0.3 is 4.74 Å². The number of allylic oxidation sites excluding steroid dienone is 1. The van der Waals surface area contributed by atoms with E-state index < -0.39 is 0 Å². The molecule has 0 fully saturated rings. The van der Waals surface area contributed by atoms with E-state index in [4.69, 9.17) is 4.74 Å². The van der Waals surface area contributed by atoms with Crippen molar-refractivity contribution < 1.29 is 9.53 Å². The highest BCUT2D eigenvalue weighted by Gasteiger charge is 2.05. The number of aromatic nitrogens is 1. The number of hydrogen-bond donors (Lipinski definition) is 0. The van der Waals surface area contributed by atoms with Crippen molar-refractivity contribution in [1.29, 1.82) is 0 Å². The van der Waals surface area contributed by atoms with E-state index in [1.807, 2.05) is 24.4 Å². The average molecular weight is 301 g/mol. The van der Waals surface area contributed by atoms with E-state index in [1.54, 1.807) is 23.5 Å². The van der Waals surface area contributed by atoms with Crippen LogP contribution in [0.5, 0.6) is 5.75 Å². The monoisotopic (exact) mass is 301 g/mol. The second-order valence-electron chi connectivity index (χ2n) is 4.62. The summed E-state index contributed by atoms with van der Waals surface area (Å²) < 4.78 is 5.24. The van der Waals surface area contributed by atoms with Crippen LogP contribution in [0.2, 0.25) is 0 Å². The predicted octanol–water partition coefficient (Wildman–Crippen LogP) is 4.63. The maximum atomic E-state index is 11.6. The lowest BCUT2D eigenvalue weighted by Gasteiger charge is -2.02. The number of nitrogens with zero attached hydrogens (tertiary/aromatic N) is 1. The number of ether oxygens (including phenoxy) is 1. The van der Waals surface area contributed by atoms with Gasteiger partial charge in [0.05, 0.1) is 0 Å². The zero-order valence-electron chi connectivity index (χ0n) is 12.3. The summed E-state index contributed by atoms with van der Waals surface area (Å²) in [5.74, 6) is 0.218. The van der Waals surface area contributed by atoms with Crippen molar-refractivity contribution in [1.82, 2.24) is 4.98 Å². The van der Waals surface area contributed by atoms with Crippen LogP contribution < -0.4 is 4.74 Å². The van der Waals surface area contributed by atoms with Crippen molar-refractivity contribution in [3.63, 3.8) is 0 Å². The Morgan fingerprint density at radius 1 is 1.29 bits per heavy atom. The Morgan fingerprint density at radius 3 is 2.67 bits per heavy atom. The molecular weight excluding hydrogens is 282 g/mol. The number of unbranched alkanes of at least 4 members (excludes halogenated alkanes) is 1. The summed E-state index contributed by atoms with van der Waals surface area (Å²) in [5, 5.41) is 0.993. The van der Waals surface area contributed by atoms with Crippen LogP contribution in [0, 0.1) is 0 Å². The summed E-state index contributed by atoms with van der Waals surface area (Å²) in [5.41, 5.74) is 1.04. The Hall–Kier alpha value is -1.94. The van der Waals surface area contributed by atoms with Gasteiger partial charge in [-0.2, -0.15) is 0 Å². The van der Waals surface area contributed by atoms with E-state index in [0.29, 0.717) is 5.75 Å². The first-order valence-electron chi connectivity index (χ1n) is 7.16. The lowest BCUT2D eigenvalue weighted by atomic mass is 10.2. The number of carbonyl (C=O) groups excluding carboxylic acids is 1. The summed E-state index contributed by atoms with van der Waals surface area (Å²) in [7, 11) is 0. The Morgan fingerprint density at radius 2 is 2.05 bits per heavy atom. The van der Waals surface area contributed by atoms with Gasteiger partial charge in [0.2, 0.25) is 0 Å². The van der Waals surface area contributed by atoms with Crippen LogP contribution in [-0.4, -0.2) is 11.0 Å². The molecule has 1 heterocycles. The molecule has 21 heavy (non-hydrogen) atoms. The normalized spacial score (nSPS) is 11.0. The molecule has 2 rings (SSSR count). The van der Waals surface area contributed by atoms with E-state index in [-0.39, 0.29) is 5.97 Å². The molecule has 1 aromatic heterocycles. The van der Waals surface area contributed by atoms with Crippen LogP contribution in [0.1, 0.15) is 31.6 Å². The summed E-state index contributed by atoms with van der Waals surface area (Å²) >= 11 is 1.69. The van der Waals surface area contributed by atoms with Crippen LogP contribution >= 0.6 is 11.3 Å². The van der Waals surface area contributed by atoms with Crippen molar-refractivity contribution in [3.8, 4) is 16.3 Å². The Kier molecular flexibility index (Phi) is 5.69. The summed E-state index contributed by atoms with van der Waals surface area (Å²) in [6.45, 7) is 4.18. The van der Waals surface area contributed by atoms with Gasteiger partial charge in [-0.15, -0.1) is 11.3 Å². The molecule has 0 saturated heterocycles. The van der Waals surface area contributed by atoms with Gasteiger partial charge in [-0.05, 0) is 37.1 Å². The summed E-state index contributed by atoms with van der Waals surface area (Å²) in [4.78, 5) is 17.2. The number of rotatable bonds is 6. The van der Waals surface area contributed by atoms with Crippen molar-refractivity contribution in [2.45, 2.75) is 33.1 Å². The summed E-state index contributed by atoms with van der Waals surface area (Å²) in [6, 6.07) is 7.45. The fraction of sp³-hybridized carbons (Fsp3) is 0.294. The lowest BCUT2D eigenvalue weighted by molar-refractivity contribution is -0.129. The fourth-order valence-corrected chi connectivity index (χ4v) is 2.62. The van der Waals surface area contributed by atoms with Crippen molar-refractivity contribution in [2.75, 3.05) is 0 Å². The number of aryl methyl sites for hydroxylation is 1. The average Bonchev–Trinajstić information content (AvgIpc) is 2.97. The van der Waals surface area contributed by atoms with Gasteiger partial charge in [0.15, 0.2) is 0 Å². The molecular formula is C17H19NO2S. The third-order valence-electron chi connectivity index (χ3n) is 2.93. The minimum atomic E-state index is -0.335. The van der Waals surface area contributed by atoms with Crippen molar-refractivity contribution in [3.05, 3.63) is 47.5 Å². The van der Waals surface area contributed by atoms with E-state index in [0.717, 1.165) is 29.8 Å². The maximum Gasteiger partial charge on any atom is 0.335 e. The quantitative estimate of drug-likeness (QED) is 0.443. The molecule has 0 amide bonds. The van der Waals surface area contributed by atoms with Crippen LogP contribution in [-0.2, 0) is 11.2 Å². The number of carbonyl (C=O) groups is 1. The molecule has 110 valence electrons. The minimum absolute atomic E-state index is 0.335. The second-order valence-corrected chi connectivity index (χ2v) is 5.74. The minimum Gasteiger partial charge on any atom is -0.423 e. The van der Waals surface area contributed by atoms with Gasteiger partial charge in [-0.1, -0.05) is 26.3 Å². The molecule has 0 saturated carbocycles. The van der Waals surface area contributed by atoms with Gasteiger partial charge in [0.1, 0.15) is 10.8 Å². The first kappa shape index (κ1) is 15.4. The SMILES string of the molecule is CCC/C=C/C(=O)Oc1ccc(-c2ncc(CC)s2)cc1. The molecule has 4 heteroatoms. The highest BCUT2D eigenvalue weighted by Crippen LogP contribution is 2.27. The van der Waals surface area contributed by atoms with Gasteiger partial charge in [0.25, 0.3) is 0 Å². The van der Waals surface area contributed by atoms with Crippen LogP contribution in [0.25, 0.3) is 10.6 Å². The molecule has 0 spiro atoms. The number of thiazole rings is 1. The smallest absolute Gasteiger partial charge is 0.335 e.